The van der Waals surface area contributed by atoms with Crippen molar-refractivity contribution in [2.45, 2.75) is 17.7 Å². The van der Waals surface area contributed by atoms with Crippen LogP contribution in [0.4, 0.5) is 5.69 Å². The number of nitrogens with zero attached hydrogens (tertiary/aromatic N) is 2. The van der Waals surface area contributed by atoms with E-state index >= 15 is 0 Å². The number of sulfone groups is 1. The topological polar surface area (TPSA) is 97.9 Å². The van der Waals surface area contributed by atoms with Crippen LogP contribution in [0.1, 0.15) is 11.1 Å². The molecule has 0 amide bonds. The van der Waals surface area contributed by atoms with E-state index in [0.29, 0.717) is 28.0 Å². The molecule has 0 unspecified atom stereocenters. The molecule has 0 bridgehead atoms. The summed E-state index contributed by atoms with van der Waals surface area (Å²) in [6, 6.07) is 18.1. The number of phenols is 1. The Morgan fingerprint density at radius 1 is 1.03 bits per heavy atom. The van der Waals surface area contributed by atoms with E-state index in [4.69, 9.17) is 11.3 Å². The molecule has 0 saturated heterocycles. The van der Waals surface area contributed by atoms with Gasteiger partial charge in [-0.3, -0.25) is 9.78 Å². The number of aromatic hydroxyl groups is 1. The summed E-state index contributed by atoms with van der Waals surface area (Å²) in [5.41, 5.74) is 2.07. The van der Waals surface area contributed by atoms with Gasteiger partial charge in [-0.2, -0.15) is 0 Å². The van der Waals surface area contributed by atoms with Gasteiger partial charge in [-0.1, -0.05) is 24.3 Å². The van der Waals surface area contributed by atoms with Crippen molar-refractivity contribution >= 4 is 32.2 Å². The van der Waals surface area contributed by atoms with E-state index in [0.717, 1.165) is 11.8 Å². The molecular formula is C26H20N2O5S. The number of pyridine rings is 1. The van der Waals surface area contributed by atoms with Crippen LogP contribution in [0.5, 0.6) is 17.2 Å². The fraction of sp³-hybridized carbons (Fsp3) is 0.115. The first-order chi connectivity index (χ1) is 16.2. The molecule has 0 aliphatic rings. The van der Waals surface area contributed by atoms with Crippen LogP contribution in [0.2, 0.25) is 0 Å². The third-order valence-electron chi connectivity index (χ3n) is 5.20. The van der Waals surface area contributed by atoms with Crippen LogP contribution in [0.3, 0.4) is 0 Å². The average Bonchev–Trinajstić information content (AvgIpc) is 2.79. The quantitative estimate of drug-likeness (QED) is 0.379. The van der Waals surface area contributed by atoms with E-state index in [1.54, 1.807) is 48.7 Å². The standard InChI is InChI=1S/C26H20N2O5S/c1-27-24-15-22-23(16-25(24)30)28-11-10-26(22)33-20-8-6-17(7-9-20)12-19(29)13-18-4-3-5-21(14-18)34(2,31)32/h3-11,14-16,30H,12-13H2,2H3. The summed E-state index contributed by atoms with van der Waals surface area (Å²) < 4.78 is 29.4. The highest BCUT2D eigenvalue weighted by Crippen LogP contribution is 2.36. The molecule has 7 nitrogen and oxygen atoms in total. The Kier molecular flexibility index (Phi) is 6.30. The highest BCUT2D eigenvalue weighted by molar-refractivity contribution is 7.90. The first-order valence-electron chi connectivity index (χ1n) is 10.3. The van der Waals surface area contributed by atoms with Gasteiger partial charge in [0.05, 0.1) is 17.0 Å². The normalized spacial score (nSPS) is 11.2. The number of Topliss-reactive ketones (excluding diaryl/α,β-unsaturated/α-hetero) is 1. The summed E-state index contributed by atoms with van der Waals surface area (Å²) in [5, 5.41) is 10.5. The van der Waals surface area contributed by atoms with Crippen LogP contribution in [-0.4, -0.2) is 30.5 Å². The molecule has 1 aromatic heterocycles. The van der Waals surface area contributed by atoms with E-state index in [-0.39, 0.29) is 35.0 Å². The molecule has 1 N–H and O–H groups in total. The van der Waals surface area contributed by atoms with E-state index < -0.39 is 9.84 Å². The van der Waals surface area contributed by atoms with Gasteiger partial charge in [-0.25, -0.2) is 13.3 Å². The number of hydrogen-bond acceptors (Lipinski definition) is 6. The molecule has 34 heavy (non-hydrogen) atoms. The third kappa shape index (κ3) is 5.22. The molecule has 0 radical (unpaired) electrons. The lowest BCUT2D eigenvalue weighted by Gasteiger charge is -2.10. The average molecular weight is 473 g/mol. The zero-order chi connectivity index (χ0) is 24.3. The zero-order valence-electron chi connectivity index (χ0n) is 18.2. The van der Waals surface area contributed by atoms with Crippen LogP contribution in [-0.2, 0) is 27.5 Å². The number of fused-ring (bicyclic) bond motifs is 1. The van der Waals surface area contributed by atoms with E-state index in [1.165, 1.54) is 24.3 Å². The van der Waals surface area contributed by atoms with Crippen molar-refractivity contribution < 1.29 is 23.1 Å². The molecule has 0 aliphatic heterocycles. The van der Waals surface area contributed by atoms with Gasteiger partial charge in [0.1, 0.15) is 23.0 Å². The number of carbonyl (C=O) groups is 1. The molecule has 3 aromatic carbocycles. The number of rotatable bonds is 7. The summed E-state index contributed by atoms with van der Waals surface area (Å²) in [5.74, 6) is 0.863. The molecule has 0 aliphatic carbocycles. The minimum absolute atomic E-state index is 0.0362. The van der Waals surface area contributed by atoms with Crippen molar-refractivity contribution in [2.75, 3.05) is 6.26 Å². The summed E-state index contributed by atoms with van der Waals surface area (Å²) in [7, 11) is -3.33. The third-order valence-corrected chi connectivity index (χ3v) is 6.31. The first-order valence-corrected chi connectivity index (χ1v) is 12.2. The van der Waals surface area contributed by atoms with E-state index in [2.05, 4.69) is 9.83 Å². The lowest BCUT2D eigenvalue weighted by molar-refractivity contribution is -0.117. The van der Waals surface area contributed by atoms with Gasteiger partial charge >= 0.3 is 0 Å². The van der Waals surface area contributed by atoms with Gasteiger partial charge in [0.25, 0.3) is 0 Å². The second kappa shape index (κ2) is 9.33. The summed E-state index contributed by atoms with van der Waals surface area (Å²) >= 11 is 0. The number of carbonyl (C=O) groups excluding carboxylic acids is 1. The number of aromatic nitrogens is 1. The monoisotopic (exact) mass is 472 g/mol. The Balaban J connectivity index is 1.46. The number of ether oxygens (including phenoxy) is 1. The Morgan fingerprint density at radius 3 is 2.47 bits per heavy atom. The van der Waals surface area contributed by atoms with Crippen molar-refractivity contribution in [3.05, 3.63) is 95.5 Å². The van der Waals surface area contributed by atoms with Crippen LogP contribution < -0.4 is 4.74 Å². The van der Waals surface area contributed by atoms with Crippen LogP contribution in [0.15, 0.2) is 77.8 Å². The molecule has 4 aromatic rings. The molecule has 1 heterocycles. The van der Waals surface area contributed by atoms with Crippen molar-refractivity contribution in [3.8, 4) is 17.2 Å². The van der Waals surface area contributed by atoms with Crippen LogP contribution in [0.25, 0.3) is 15.7 Å². The Hall–Kier alpha value is -4.22. The van der Waals surface area contributed by atoms with Gasteiger partial charge in [-0.05, 0) is 53.6 Å². The number of phenolic OH excluding ortho intramolecular Hbond substituents is 1. The molecule has 0 saturated carbocycles. The maximum Gasteiger partial charge on any atom is 0.228 e. The lowest BCUT2D eigenvalue weighted by atomic mass is 10.0. The van der Waals surface area contributed by atoms with Crippen LogP contribution >= 0.6 is 0 Å². The summed E-state index contributed by atoms with van der Waals surface area (Å²) in [6.07, 6.45) is 3.04. The SMILES string of the molecule is [C-]#[N+]c1cc2c(Oc3ccc(CC(=O)Cc4cccc(S(C)(=O)=O)c4)cc3)ccnc2cc1O. The van der Waals surface area contributed by atoms with Crippen molar-refractivity contribution in [1.82, 2.24) is 4.98 Å². The summed E-state index contributed by atoms with van der Waals surface area (Å²) in [4.78, 5) is 20.2. The predicted octanol–water partition coefficient (Wildman–Crippen LogP) is 5.04. The maximum atomic E-state index is 12.5. The lowest BCUT2D eigenvalue weighted by Crippen LogP contribution is -2.07. The number of ketones is 1. The van der Waals surface area contributed by atoms with Crippen molar-refractivity contribution in [3.63, 3.8) is 0 Å². The molecule has 0 atom stereocenters. The molecule has 8 heteroatoms. The second-order valence-electron chi connectivity index (χ2n) is 7.84. The van der Waals surface area contributed by atoms with Gasteiger partial charge < -0.3 is 9.84 Å². The molecule has 170 valence electrons. The van der Waals surface area contributed by atoms with Gasteiger partial charge in [0, 0.05) is 30.7 Å². The minimum atomic E-state index is -3.33. The zero-order valence-corrected chi connectivity index (χ0v) is 19.0. The molecule has 0 spiro atoms. The van der Waals surface area contributed by atoms with E-state index in [1.807, 2.05) is 0 Å². The van der Waals surface area contributed by atoms with Gasteiger partial charge in [-0.15, -0.1) is 0 Å². The fourth-order valence-electron chi connectivity index (χ4n) is 3.53. The Bertz CT molecular complexity index is 1540. The highest BCUT2D eigenvalue weighted by atomic mass is 32.2. The Labute approximate surface area is 197 Å². The number of benzene rings is 3. The summed E-state index contributed by atoms with van der Waals surface area (Å²) in [6.45, 7) is 7.19. The highest BCUT2D eigenvalue weighted by Gasteiger charge is 2.12. The van der Waals surface area contributed by atoms with Crippen LogP contribution in [0, 0.1) is 6.57 Å². The predicted molar refractivity (Wildman–Crippen MR) is 128 cm³/mol. The Morgan fingerprint density at radius 2 is 1.76 bits per heavy atom. The largest absolute Gasteiger partial charge is 0.519 e. The van der Waals surface area contributed by atoms with Crippen molar-refractivity contribution in [2.24, 2.45) is 0 Å². The smallest absolute Gasteiger partial charge is 0.228 e. The molecular weight excluding hydrogens is 452 g/mol. The molecule has 4 rings (SSSR count). The van der Waals surface area contributed by atoms with Gasteiger partial charge in [0.2, 0.25) is 5.69 Å². The van der Waals surface area contributed by atoms with Crippen molar-refractivity contribution in [1.29, 1.82) is 0 Å². The van der Waals surface area contributed by atoms with E-state index in [9.17, 15) is 18.3 Å². The maximum absolute atomic E-state index is 12.5. The molecule has 0 fully saturated rings. The minimum Gasteiger partial charge on any atom is -0.519 e. The fourth-order valence-corrected chi connectivity index (χ4v) is 4.22. The van der Waals surface area contributed by atoms with Gasteiger partial charge in [0.15, 0.2) is 9.84 Å². The number of hydrogen-bond donors (Lipinski definition) is 1. The second-order valence-corrected chi connectivity index (χ2v) is 9.85. The first kappa shape index (κ1) is 23.0.